The number of rotatable bonds is 5. The number of hydrogen-bond acceptors (Lipinski definition) is 9. The van der Waals surface area contributed by atoms with E-state index in [4.69, 9.17) is 4.74 Å². The minimum absolute atomic E-state index is 0.0276. The zero-order valence-corrected chi connectivity index (χ0v) is 23.0. The first-order valence-electron chi connectivity index (χ1n) is 12.3. The Kier molecular flexibility index (Phi) is 6.93. The SMILES string of the molecule is Cn1ncc(-c2cc(B(O)O)c3c(=O)[nH]nc(CNC(=O)OC(C)(C)C)c3c2)c1-c1sc2ccccc2c1C#N. The second-order valence-electron chi connectivity index (χ2n) is 10.2. The number of nitrogens with one attached hydrogen (secondary N) is 2. The van der Waals surface area contributed by atoms with Gasteiger partial charge in [-0.15, -0.1) is 11.3 Å². The molecule has 0 spiro atoms. The highest BCUT2D eigenvalue weighted by atomic mass is 32.1. The fourth-order valence-corrected chi connectivity index (χ4v) is 5.83. The van der Waals surface area contributed by atoms with Crippen molar-refractivity contribution < 1.29 is 19.6 Å². The van der Waals surface area contributed by atoms with Crippen LogP contribution in [0.5, 0.6) is 0 Å². The fraction of sp³-hybridized carbons (Fsp3) is 0.222. The molecule has 0 aliphatic heterocycles. The number of thiophene rings is 1. The minimum atomic E-state index is -1.98. The van der Waals surface area contributed by atoms with Crippen molar-refractivity contribution in [3.63, 3.8) is 0 Å². The van der Waals surface area contributed by atoms with Gasteiger partial charge in [-0.1, -0.05) is 24.3 Å². The number of fused-ring (bicyclic) bond motifs is 2. The van der Waals surface area contributed by atoms with E-state index < -0.39 is 24.4 Å². The third kappa shape index (κ3) is 4.95. The minimum Gasteiger partial charge on any atom is -0.444 e. The highest BCUT2D eigenvalue weighted by Gasteiger charge is 2.25. The van der Waals surface area contributed by atoms with E-state index in [1.807, 2.05) is 24.3 Å². The van der Waals surface area contributed by atoms with E-state index in [1.54, 1.807) is 44.8 Å². The number of carbonyl (C=O) groups is 1. The van der Waals surface area contributed by atoms with E-state index >= 15 is 0 Å². The van der Waals surface area contributed by atoms with Gasteiger partial charge in [-0.3, -0.25) is 9.48 Å². The van der Waals surface area contributed by atoms with E-state index in [1.165, 1.54) is 17.4 Å². The molecule has 0 saturated carbocycles. The number of H-pyrrole nitrogens is 1. The second-order valence-corrected chi connectivity index (χ2v) is 11.2. The molecule has 0 unspecified atom stereocenters. The van der Waals surface area contributed by atoms with Gasteiger partial charge >= 0.3 is 13.2 Å². The molecule has 1 amide bonds. The molecule has 0 saturated heterocycles. The Bertz CT molecular complexity index is 1880. The largest absolute Gasteiger partial charge is 0.489 e. The molecule has 40 heavy (non-hydrogen) atoms. The van der Waals surface area contributed by atoms with Crippen molar-refractivity contribution in [3.05, 3.63) is 64.2 Å². The molecule has 0 atom stereocenters. The molecule has 13 heteroatoms. The van der Waals surface area contributed by atoms with Gasteiger partial charge < -0.3 is 20.1 Å². The number of aryl methyl sites for hydroxylation is 1. The Hall–Kier alpha value is -4.51. The van der Waals surface area contributed by atoms with Crippen LogP contribution < -0.4 is 16.3 Å². The maximum atomic E-state index is 12.8. The fourth-order valence-electron chi connectivity index (χ4n) is 4.59. The molecular formula is C27H25BN6O5S. The molecule has 0 radical (unpaired) electrons. The Morgan fingerprint density at radius 3 is 2.70 bits per heavy atom. The van der Waals surface area contributed by atoms with Crippen molar-refractivity contribution in [1.82, 2.24) is 25.3 Å². The molecule has 11 nitrogen and oxygen atoms in total. The molecule has 202 valence electrons. The number of aromatic nitrogens is 4. The molecule has 2 aromatic carbocycles. The lowest BCUT2D eigenvalue weighted by molar-refractivity contribution is 0.0523. The first-order valence-corrected chi connectivity index (χ1v) is 13.1. The lowest BCUT2D eigenvalue weighted by Crippen LogP contribution is -2.35. The van der Waals surface area contributed by atoms with E-state index in [9.17, 15) is 24.9 Å². The molecule has 0 aliphatic rings. The summed E-state index contributed by atoms with van der Waals surface area (Å²) in [6.07, 6.45) is 0.949. The van der Waals surface area contributed by atoms with Gasteiger partial charge in [0.15, 0.2) is 0 Å². The van der Waals surface area contributed by atoms with Gasteiger partial charge in [0.25, 0.3) is 5.56 Å². The maximum Gasteiger partial charge on any atom is 0.489 e. The van der Waals surface area contributed by atoms with Crippen molar-refractivity contribution >= 4 is 50.9 Å². The van der Waals surface area contributed by atoms with Gasteiger partial charge in [-0.25, -0.2) is 9.89 Å². The van der Waals surface area contributed by atoms with Gasteiger partial charge in [0.05, 0.1) is 40.0 Å². The van der Waals surface area contributed by atoms with E-state index in [2.05, 4.69) is 26.7 Å². The van der Waals surface area contributed by atoms with Crippen LogP contribution in [0.2, 0.25) is 0 Å². The predicted octanol–water partition coefficient (Wildman–Crippen LogP) is 2.78. The number of nitriles is 1. The maximum absolute atomic E-state index is 12.8. The summed E-state index contributed by atoms with van der Waals surface area (Å²) in [4.78, 5) is 25.8. The van der Waals surface area contributed by atoms with Gasteiger partial charge in [0, 0.05) is 28.1 Å². The number of aromatic amines is 1. The summed E-state index contributed by atoms with van der Waals surface area (Å²) in [5, 5.41) is 45.2. The second kappa shape index (κ2) is 10.2. The monoisotopic (exact) mass is 556 g/mol. The van der Waals surface area contributed by atoms with E-state index in [0.29, 0.717) is 32.6 Å². The van der Waals surface area contributed by atoms with E-state index in [0.717, 1.165) is 10.1 Å². The molecular weight excluding hydrogens is 531 g/mol. The molecule has 0 bridgehead atoms. The number of nitrogens with zero attached hydrogens (tertiary/aromatic N) is 4. The average Bonchev–Trinajstić information content (AvgIpc) is 3.46. The summed E-state index contributed by atoms with van der Waals surface area (Å²) in [5.74, 6) is 0. The number of amides is 1. The van der Waals surface area contributed by atoms with Crippen LogP contribution in [-0.4, -0.2) is 48.8 Å². The highest BCUT2D eigenvalue weighted by Crippen LogP contribution is 2.42. The third-order valence-corrected chi connectivity index (χ3v) is 7.43. The Morgan fingerprint density at radius 2 is 2.00 bits per heavy atom. The molecule has 0 aliphatic carbocycles. The molecule has 0 fully saturated rings. The third-order valence-electron chi connectivity index (χ3n) is 6.25. The van der Waals surface area contributed by atoms with Crippen LogP contribution in [-0.2, 0) is 18.3 Å². The van der Waals surface area contributed by atoms with Gasteiger partial charge in [-0.05, 0) is 43.9 Å². The molecule has 4 N–H and O–H groups in total. The molecule has 5 rings (SSSR count). The average molecular weight is 556 g/mol. The van der Waals surface area contributed by atoms with Crippen LogP contribution in [0.4, 0.5) is 4.79 Å². The summed E-state index contributed by atoms with van der Waals surface area (Å²) < 4.78 is 7.89. The van der Waals surface area contributed by atoms with Gasteiger partial charge in [0.2, 0.25) is 0 Å². The quantitative estimate of drug-likeness (QED) is 0.240. The Morgan fingerprint density at radius 1 is 1.25 bits per heavy atom. The highest BCUT2D eigenvalue weighted by molar-refractivity contribution is 7.22. The van der Waals surface area contributed by atoms with Crippen LogP contribution in [0.25, 0.3) is 42.6 Å². The van der Waals surface area contributed by atoms with E-state index in [-0.39, 0.29) is 23.1 Å². The zero-order chi connectivity index (χ0) is 28.8. The van der Waals surface area contributed by atoms with Crippen LogP contribution >= 0.6 is 11.3 Å². The molecule has 3 aromatic heterocycles. The van der Waals surface area contributed by atoms with Gasteiger partial charge in [0.1, 0.15) is 11.7 Å². The summed E-state index contributed by atoms with van der Waals surface area (Å²) in [5.41, 5.74) is 1.21. The lowest BCUT2D eigenvalue weighted by atomic mass is 9.76. The Balaban J connectivity index is 1.70. The summed E-state index contributed by atoms with van der Waals surface area (Å²) in [6, 6.07) is 13.1. The topological polar surface area (TPSA) is 166 Å². The number of ether oxygens (including phenoxy) is 1. The predicted molar refractivity (Wildman–Crippen MR) is 153 cm³/mol. The molecule has 5 aromatic rings. The molecule has 3 heterocycles. The van der Waals surface area contributed by atoms with Crippen LogP contribution in [0.15, 0.2) is 47.4 Å². The van der Waals surface area contributed by atoms with Crippen molar-refractivity contribution in [2.75, 3.05) is 0 Å². The standard InChI is InChI=1S/C27H25BN6O5S/c1-27(2,3)39-26(36)30-13-20-16-9-14(10-19(28(37)38)22(16)25(35)33-32-20)18-12-31-34(4)23(18)24-17(11-29)15-7-5-6-8-21(15)40-24/h5-10,12,37-38H,13H2,1-4H3,(H,30,36)(H,33,35). The first kappa shape index (κ1) is 27.1. The number of hydrogen-bond donors (Lipinski definition) is 4. The lowest BCUT2D eigenvalue weighted by Gasteiger charge is -2.19. The van der Waals surface area contributed by atoms with Crippen LogP contribution in [0, 0.1) is 11.3 Å². The van der Waals surface area contributed by atoms with Crippen LogP contribution in [0.3, 0.4) is 0 Å². The smallest absolute Gasteiger partial charge is 0.444 e. The van der Waals surface area contributed by atoms with Crippen molar-refractivity contribution in [2.24, 2.45) is 7.05 Å². The number of carbonyl (C=O) groups excluding carboxylic acids is 1. The van der Waals surface area contributed by atoms with Crippen LogP contribution in [0.1, 0.15) is 32.0 Å². The van der Waals surface area contributed by atoms with Crippen molar-refractivity contribution in [2.45, 2.75) is 32.9 Å². The number of benzene rings is 2. The number of alkyl carbamates (subject to hydrolysis) is 1. The first-order chi connectivity index (χ1) is 19.0. The normalized spacial score (nSPS) is 11.5. The Labute approximate surface area is 232 Å². The van der Waals surface area contributed by atoms with Gasteiger partial charge in [-0.2, -0.15) is 15.5 Å². The summed E-state index contributed by atoms with van der Waals surface area (Å²) in [6.45, 7) is 5.12. The zero-order valence-electron chi connectivity index (χ0n) is 22.1. The summed E-state index contributed by atoms with van der Waals surface area (Å²) >= 11 is 1.45. The van der Waals surface area contributed by atoms with Crippen molar-refractivity contribution in [1.29, 1.82) is 5.26 Å². The van der Waals surface area contributed by atoms with Crippen molar-refractivity contribution in [3.8, 4) is 27.8 Å². The summed E-state index contributed by atoms with van der Waals surface area (Å²) in [7, 11) is -0.216.